The van der Waals surface area contributed by atoms with Crippen molar-refractivity contribution in [1.82, 2.24) is 5.01 Å². The Morgan fingerprint density at radius 2 is 1.69 bits per heavy atom. The summed E-state index contributed by atoms with van der Waals surface area (Å²) in [4.78, 5) is 1.16. The molecule has 0 fully saturated rings. The van der Waals surface area contributed by atoms with Crippen LogP contribution < -0.4 is 23.7 Å². The molecule has 2 aromatic carbocycles. The molecule has 0 amide bonds. The van der Waals surface area contributed by atoms with Gasteiger partial charge in [-0.2, -0.15) is 5.10 Å². The van der Waals surface area contributed by atoms with E-state index in [1.165, 1.54) is 0 Å². The number of benzene rings is 2. The molecule has 32 heavy (non-hydrogen) atoms. The van der Waals surface area contributed by atoms with Crippen LogP contribution in [-0.2, 0) is 0 Å². The number of methoxy groups -OCH3 is 4. The summed E-state index contributed by atoms with van der Waals surface area (Å²) < 4.78 is 28.8. The maximum Gasteiger partial charge on any atom is 0.214 e. The molecule has 0 saturated heterocycles. The SMILES string of the molecule is COc1cc([C@H]2Oc3c(OC)cccc3[C@H]3CC(c4cccs4)=NN32)cc(OC)c1OC. The van der Waals surface area contributed by atoms with Gasteiger partial charge in [-0.15, -0.1) is 11.3 Å². The molecule has 2 atom stereocenters. The molecule has 0 aliphatic carbocycles. The van der Waals surface area contributed by atoms with E-state index in [2.05, 4.69) is 17.5 Å². The van der Waals surface area contributed by atoms with E-state index in [4.69, 9.17) is 28.8 Å². The minimum atomic E-state index is -0.491. The number of thiophene rings is 1. The summed E-state index contributed by atoms with van der Waals surface area (Å²) in [6.45, 7) is 0. The Morgan fingerprint density at radius 3 is 2.31 bits per heavy atom. The Balaban J connectivity index is 1.66. The summed E-state index contributed by atoms with van der Waals surface area (Å²) in [7, 11) is 6.45. The lowest BCUT2D eigenvalue weighted by molar-refractivity contribution is -0.0211. The van der Waals surface area contributed by atoms with Crippen molar-refractivity contribution in [3.63, 3.8) is 0 Å². The van der Waals surface area contributed by atoms with Crippen LogP contribution in [0.25, 0.3) is 0 Å². The van der Waals surface area contributed by atoms with Crippen molar-refractivity contribution in [1.29, 1.82) is 0 Å². The van der Waals surface area contributed by atoms with Crippen molar-refractivity contribution in [2.24, 2.45) is 5.10 Å². The summed E-state index contributed by atoms with van der Waals surface area (Å²) >= 11 is 1.69. The Kier molecular flexibility index (Phi) is 5.30. The van der Waals surface area contributed by atoms with E-state index in [0.29, 0.717) is 23.0 Å². The van der Waals surface area contributed by atoms with Crippen LogP contribution in [0.1, 0.15) is 34.7 Å². The van der Waals surface area contributed by atoms with Crippen molar-refractivity contribution >= 4 is 17.0 Å². The van der Waals surface area contributed by atoms with Gasteiger partial charge in [-0.25, -0.2) is 5.01 Å². The number of hydrogen-bond donors (Lipinski definition) is 0. The van der Waals surface area contributed by atoms with Gasteiger partial charge < -0.3 is 23.7 Å². The first-order chi connectivity index (χ1) is 15.7. The number of rotatable bonds is 6. The molecular weight excluding hydrogens is 428 g/mol. The van der Waals surface area contributed by atoms with Gasteiger partial charge in [0.15, 0.2) is 23.0 Å². The third kappa shape index (κ3) is 3.22. The first-order valence-electron chi connectivity index (χ1n) is 10.2. The van der Waals surface area contributed by atoms with E-state index in [9.17, 15) is 0 Å². The highest BCUT2D eigenvalue weighted by molar-refractivity contribution is 7.12. The maximum absolute atomic E-state index is 6.54. The number of nitrogens with zero attached hydrogens (tertiary/aromatic N) is 2. The summed E-state index contributed by atoms with van der Waals surface area (Å²) in [5.74, 6) is 3.10. The van der Waals surface area contributed by atoms with Crippen molar-refractivity contribution in [3.8, 4) is 28.7 Å². The summed E-state index contributed by atoms with van der Waals surface area (Å²) in [6, 6.07) is 14.0. The topological polar surface area (TPSA) is 61.8 Å². The standard InChI is InChI=1S/C24H24N2O5S/c1-27-18-8-5-7-15-17-13-16(21-9-6-10-32-21)25-26(17)24(31-22(15)18)14-11-19(28-2)23(30-4)20(12-14)29-3/h5-12,17,24H,13H2,1-4H3/t17-,24-/m1/s1. The molecule has 0 spiro atoms. The van der Waals surface area contributed by atoms with Crippen molar-refractivity contribution in [2.75, 3.05) is 28.4 Å². The molecule has 0 saturated carbocycles. The van der Waals surface area contributed by atoms with Crippen LogP contribution in [0.4, 0.5) is 0 Å². The van der Waals surface area contributed by atoms with Gasteiger partial charge in [0.25, 0.3) is 0 Å². The molecule has 3 aromatic rings. The average Bonchev–Trinajstić information content (AvgIpc) is 3.52. The normalized spacial score (nSPS) is 18.9. The van der Waals surface area contributed by atoms with Crippen LogP contribution in [-0.4, -0.2) is 39.2 Å². The largest absolute Gasteiger partial charge is 0.493 e. The van der Waals surface area contributed by atoms with Crippen molar-refractivity contribution < 1.29 is 23.7 Å². The lowest BCUT2D eigenvalue weighted by Crippen LogP contribution is -2.34. The first kappa shape index (κ1) is 20.5. The molecule has 0 unspecified atom stereocenters. The van der Waals surface area contributed by atoms with E-state index in [-0.39, 0.29) is 6.04 Å². The molecule has 8 heteroatoms. The lowest BCUT2D eigenvalue weighted by atomic mass is 9.97. The van der Waals surface area contributed by atoms with Gasteiger partial charge in [0.05, 0.1) is 45.1 Å². The highest BCUT2D eigenvalue weighted by atomic mass is 32.1. The van der Waals surface area contributed by atoms with Gasteiger partial charge >= 0.3 is 0 Å². The van der Waals surface area contributed by atoms with E-state index < -0.39 is 6.23 Å². The average molecular weight is 453 g/mol. The second-order valence-corrected chi connectivity index (χ2v) is 8.38. The summed E-state index contributed by atoms with van der Waals surface area (Å²) in [5.41, 5.74) is 2.95. The van der Waals surface area contributed by atoms with Gasteiger partial charge in [-0.1, -0.05) is 18.2 Å². The number of para-hydroxylation sites is 1. The maximum atomic E-state index is 6.54. The zero-order chi connectivity index (χ0) is 22.2. The van der Waals surface area contributed by atoms with Gasteiger partial charge in [0.2, 0.25) is 12.0 Å². The third-order valence-electron chi connectivity index (χ3n) is 5.78. The van der Waals surface area contributed by atoms with Gasteiger partial charge in [0, 0.05) is 17.5 Å². The van der Waals surface area contributed by atoms with Gasteiger partial charge in [0.1, 0.15) is 0 Å². The molecule has 0 N–H and O–H groups in total. The van der Waals surface area contributed by atoms with Crippen LogP contribution >= 0.6 is 11.3 Å². The molecule has 0 bridgehead atoms. The molecule has 0 radical (unpaired) electrons. The Morgan fingerprint density at radius 1 is 0.938 bits per heavy atom. The van der Waals surface area contributed by atoms with Crippen LogP contribution in [0.5, 0.6) is 28.7 Å². The molecule has 2 aliphatic heterocycles. The van der Waals surface area contributed by atoms with E-state index in [0.717, 1.165) is 33.9 Å². The molecule has 7 nitrogen and oxygen atoms in total. The Bertz CT molecular complexity index is 1140. The number of ether oxygens (including phenoxy) is 5. The summed E-state index contributed by atoms with van der Waals surface area (Å²) in [5, 5.41) is 9.09. The quantitative estimate of drug-likeness (QED) is 0.523. The van der Waals surface area contributed by atoms with Gasteiger partial charge in [-0.3, -0.25) is 0 Å². The molecule has 166 valence electrons. The second kappa shape index (κ2) is 8.27. The Hall–Kier alpha value is -3.39. The Labute approximate surface area is 190 Å². The number of hydrogen-bond acceptors (Lipinski definition) is 8. The fourth-order valence-electron chi connectivity index (χ4n) is 4.30. The number of fused-ring (bicyclic) bond motifs is 3. The van der Waals surface area contributed by atoms with E-state index in [1.807, 2.05) is 35.3 Å². The minimum Gasteiger partial charge on any atom is -0.493 e. The van der Waals surface area contributed by atoms with Crippen LogP contribution in [0.2, 0.25) is 0 Å². The summed E-state index contributed by atoms with van der Waals surface area (Å²) in [6.07, 6.45) is 0.292. The molecule has 3 heterocycles. The predicted octanol–water partition coefficient (Wildman–Crippen LogP) is 5.02. The smallest absolute Gasteiger partial charge is 0.214 e. The molecule has 1 aromatic heterocycles. The van der Waals surface area contributed by atoms with Gasteiger partial charge in [-0.05, 0) is 29.6 Å². The second-order valence-electron chi connectivity index (χ2n) is 7.43. The van der Waals surface area contributed by atoms with Crippen molar-refractivity contribution in [3.05, 3.63) is 63.8 Å². The monoisotopic (exact) mass is 452 g/mol. The zero-order valence-corrected chi connectivity index (χ0v) is 19.1. The highest BCUT2D eigenvalue weighted by Gasteiger charge is 2.42. The lowest BCUT2D eigenvalue weighted by Gasteiger charge is -2.38. The van der Waals surface area contributed by atoms with E-state index >= 15 is 0 Å². The molecule has 5 rings (SSSR count). The zero-order valence-electron chi connectivity index (χ0n) is 18.3. The first-order valence-corrected chi connectivity index (χ1v) is 11.1. The fraction of sp³-hybridized carbons (Fsp3) is 0.292. The fourth-order valence-corrected chi connectivity index (χ4v) is 5.02. The molecule has 2 aliphatic rings. The van der Waals surface area contributed by atoms with Crippen LogP contribution in [0.15, 0.2) is 52.9 Å². The highest BCUT2D eigenvalue weighted by Crippen LogP contribution is 2.52. The molecular formula is C24H24N2O5S. The van der Waals surface area contributed by atoms with Crippen molar-refractivity contribution in [2.45, 2.75) is 18.7 Å². The predicted molar refractivity (Wildman–Crippen MR) is 123 cm³/mol. The van der Waals surface area contributed by atoms with Crippen LogP contribution in [0, 0.1) is 0 Å². The third-order valence-corrected chi connectivity index (χ3v) is 6.70. The van der Waals surface area contributed by atoms with Crippen LogP contribution in [0.3, 0.4) is 0 Å². The number of hydrazone groups is 1. The van der Waals surface area contributed by atoms with E-state index in [1.54, 1.807) is 39.8 Å². The minimum absolute atomic E-state index is 0.0232.